The molecule has 0 fully saturated rings. The van der Waals surface area contributed by atoms with E-state index in [1.54, 1.807) is 0 Å². The Kier molecular flexibility index (Phi) is 4.46. The fourth-order valence-corrected chi connectivity index (χ4v) is 3.09. The number of hydrogen-bond acceptors (Lipinski definition) is 4. The number of carbonyl (C=O) groups excluding carboxylic acids is 1. The lowest BCUT2D eigenvalue weighted by atomic mass is 10.1. The highest BCUT2D eigenvalue weighted by Crippen LogP contribution is 2.21. The second-order valence-electron chi connectivity index (χ2n) is 4.96. The molecule has 1 unspecified atom stereocenters. The van der Waals surface area contributed by atoms with E-state index in [-0.39, 0.29) is 5.91 Å². The molecule has 0 bridgehead atoms. The maximum absolute atomic E-state index is 12.1. The molecule has 0 aliphatic carbocycles. The smallest absolute Gasteiger partial charge is 0.280 e. The van der Waals surface area contributed by atoms with Gasteiger partial charge in [-0.3, -0.25) is 4.79 Å². The van der Waals surface area contributed by atoms with Crippen LogP contribution in [-0.4, -0.2) is 22.5 Å². The predicted molar refractivity (Wildman–Crippen MR) is 88.0 cm³/mol. The first-order chi connectivity index (χ1) is 10.7. The van der Waals surface area contributed by atoms with Gasteiger partial charge in [0.25, 0.3) is 5.91 Å². The molecule has 2 N–H and O–H groups in total. The Balaban J connectivity index is 1.56. The molecule has 0 aliphatic rings. The third kappa shape index (κ3) is 3.32. The molecule has 1 heterocycles. The van der Waals surface area contributed by atoms with Gasteiger partial charge in [-0.1, -0.05) is 42.5 Å². The van der Waals surface area contributed by atoms with Crippen molar-refractivity contribution in [2.75, 3.05) is 6.54 Å². The van der Waals surface area contributed by atoms with E-state index in [0.717, 1.165) is 15.8 Å². The van der Waals surface area contributed by atoms with Crippen LogP contribution in [0.1, 0.15) is 27.9 Å². The van der Waals surface area contributed by atoms with Crippen molar-refractivity contribution in [3.05, 3.63) is 65.2 Å². The van der Waals surface area contributed by atoms with Crippen molar-refractivity contribution in [3.63, 3.8) is 0 Å². The molecule has 0 saturated heterocycles. The Morgan fingerprint density at radius 3 is 2.64 bits per heavy atom. The maximum Gasteiger partial charge on any atom is 0.280 e. The van der Waals surface area contributed by atoms with Crippen molar-refractivity contribution in [2.45, 2.75) is 12.5 Å². The number of nitrogens with one attached hydrogen (secondary N) is 1. The highest BCUT2D eigenvalue weighted by Gasteiger charge is 2.12. The number of hydrogen-bond donors (Lipinski definition) is 2. The van der Waals surface area contributed by atoms with Gasteiger partial charge in [0.1, 0.15) is 0 Å². The van der Waals surface area contributed by atoms with Gasteiger partial charge in [0.05, 0.1) is 16.3 Å². The van der Waals surface area contributed by atoms with Crippen LogP contribution in [0.5, 0.6) is 0 Å². The molecule has 3 rings (SSSR count). The summed E-state index contributed by atoms with van der Waals surface area (Å²) in [4.78, 5) is 16.4. The Morgan fingerprint density at radius 1 is 1.14 bits per heavy atom. The third-order valence-corrected chi connectivity index (χ3v) is 4.41. The summed E-state index contributed by atoms with van der Waals surface area (Å²) in [5, 5.41) is 13.3. The minimum Gasteiger partial charge on any atom is -0.388 e. The van der Waals surface area contributed by atoms with Gasteiger partial charge < -0.3 is 10.4 Å². The van der Waals surface area contributed by atoms with Gasteiger partial charge in [0.15, 0.2) is 5.01 Å². The molecule has 1 amide bonds. The highest BCUT2D eigenvalue weighted by molar-refractivity contribution is 7.20. The van der Waals surface area contributed by atoms with Gasteiger partial charge in [-0.2, -0.15) is 0 Å². The number of thiazole rings is 1. The largest absolute Gasteiger partial charge is 0.388 e. The van der Waals surface area contributed by atoms with Gasteiger partial charge in [-0.25, -0.2) is 4.98 Å². The molecule has 112 valence electrons. The normalized spacial score (nSPS) is 12.2. The fourth-order valence-electron chi connectivity index (χ4n) is 2.21. The van der Waals surface area contributed by atoms with E-state index in [4.69, 9.17) is 0 Å². The molecule has 22 heavy (non-hydrogen) atoms. The van der Waals surface area contributed by atoms with Crippen molar-refractivity contribution in [2.24, 2.45) is 0 Å². The molecular weight excluding hydrogens is 296 g/mol. The van der Waals surface area contributed by atoms with E-state index in [2.05, 4.69) is 10.3 Å². The first-order valence-corrected chi connectivity index (χ1v) is 7.92. The minimum absolute atomic E-state index is 0.193. The molecule has 1 aromatic heterocycles. The van der Waals surface area contributed by atoms with E-state index < -0.39 is 6.10 Å². The zero-order chi connectivity index (χ0) is 15.4. The molecule has 0 aliphatic heterocycles. The number of rotatable bonds is 5. The van der Waals surface area contributed by atoms with Crippen LogP contribution in [0.3, 0.4) is 0 Å². The summed E-state index contributed by atoms with van der Waals surface area (Å²) >= 11 is 1.37. The average Bonchev–Trinajstić information content (AvgIpc) is 2.99. The van der Waals surface area contributed by atoms with Crippen LogP contribution < -0.4 is 5.32 Å². The lowest BCUT2D eigenvalue weighted by Gasteiger charge is -2.10. The lowest BCUT2D eigenvalue weighted by Crippen LogP contribution is -2.25. The number of carbonyl (C=O) groups is 1. The van der Waals surface area contributed by atoms with Gasteiger partial charge in [0, 0.05) is 6.54 Å². The minimum atomic E-state index is -0.572. The average molecular weight is 312 g/mol. The summed E-state index contributed by atoms with van der Waals surface area (Å²) in [5.74, 6) is -0.193. The number of nitrogens with zero attached hydrogens (tertiary/aromatic N) is 1. The van der Waals surface area contributed by atoms with Crippen LogP contribution in [0.15, 0.2) is 54.6 Å². The number of para-hydroxylation sites is 1. The van der Waals surface area contributed by atoms with Gasteiger partial charge in [0.2, 0.25) is 0 Å². The van der Waals surface area contributed by atoms with E-state index >= 15 is 0 Å². The Bertz CT molecular complexity index is 737. The standard InChI is InChI=1S/C17H16N2O2S/c20-14(12-6-2-1-3-7-12)10-11-18-16(21)17-19-13-8-4-5-9-15(13)22-17/h1-9,14,20H,10-11H2,(H,18,21). The highest BCUT2D eigenvalue weighted by atomic mass is 32.1. The molecule has 0 spiro atoms. The molecule has 2 aromatic carbocycles. The van der Waals surface area contributed by atoms with E-state index in [9.17, 15) is 9.90 Å². The van der Waals surface area contributed by atoms with Crippen LogP contribution in [0, 0.1) is 0 Å². The van der Waals surface area contributed by atoms with Gasteiger partial charge >= 0.3 is 0 Å². The number of aliphatic hydroxyl groups excluding tert-OH is 1. The summed E-state index contributed by atoms with van der Waals surface area (Å²) in [5.41, 5.74) is 1.69. The van der Waals surface area contributed by atoms with Crippen molar-refractivity contribution in [1.29, 1.82) is 0 Å². The molecule has 0 saturated carbocycles. The number of amides is 1. The second-order valence-corrected chi connectivity index (χ2v) is 5.99. The molecule has 1 atom stereocenters. The van der Waals surface area contributed by atoms with Crippen LogP contribution in [0.25, 0.3) is 10.2 Å². The molecule has 3 aromatic rings. The van der Waals surface area contributed by atoms with Gasteiger partial charge in [-0.15, -0.1) is 11.3 Å². The summed E-state index contributed by atoms with van der Waals surface area (Å²) in [6, 6.07) is 17.1. The third-order valence-electron chi connectivity index (χ3n) is 3.38. The van der Waals surface area contributed by atoms with Crippen molar-refractivity contribution in [1.82, 2.24) is 10.3 Å². The van der Waals surface area contributed by atoms with Gasteiger partial charge in [-0.05, 0) is 24.1 Å². The first-order valence-electron chi connectivity index (χ1n) is 7.11. The number of fused-ring (bicyclic) bond motifs is 1. The SMILES string of the molecule is O=C(NCCC(O)c1ccccc1)c1nc2ccccc2s1. The van der Waals surface area contributed by atoms with Crippen molar-refractivity contribution < 1.29 is 9.90 Å². The van der Waals surface area contributed by atoms with Crippen LogP contribution in [0.2, 0.25) is 0 Å². The monoisotopic (exact) mass is 312 g/mol. The van der Waals surface area contributed by atoms with Crippen LogP contribution in [0.4, 0.5) is 0 Å². The van der Waals surface area contributed by atoms with Crippen LogP contribution >= 0.6 is 11.3 Å². The van der Waals surface area contributed by atoms with E-state index in [0.29, 0.717) is 18.0 Å². The molecule has 4 nitrogen and oxygen atoms in total. The molecule has 5 heteroatoms. The Morgan fingerprint density at radius 2 is 1.86 bits per heavy atom. The number of benzene rings is 2. The van der Waals surface area contributed by atoms with Crippen LogP contribution in [-0.2, 0) is 0 Å². The zero-order valence-electron chi connectivity index (χ0n) is 11.9. The number of aromatic nitrogens is 1. The van der Waals surface area contributed by atoms with E-state index in [1.165, 1.54) is 11.3 Å². The topological polar surface area (TPSA) is 62.2 Å². The Hall–Kier alpha value is -2.24. The molecular formula is C17H16N2O2S. The summed E-state index contributed by atoms with van der Waals surface area (Å²) in [6.45, 7) is 0.408. The van der Waals surface area contributed by atoms with Crippen molar-refractivity contribution in [3.8, 4) is 0 Å². The fraction of sp³-hybridized carbons (Fsp3) is 0.176. The molecule has 0 radical (unpaired) electrons. The Labute approximate surface area is 132 Å². The zero-order valence-corrected chi connectivity index (χ0v) is 12.7. The second kappa shape index (κ2) is 6.68. The number of aliphatic hydroxyl groups is 1. The van der Waals surface area contributed by atoms with Crippen molar-refractivity contribution >= 4 is 27.5 Å². The first kappa shape index (κ1) is 14.7. The lowest BCUT2D eigenvalue weighted by molar-refractivity contribution is 0.0942. The predicted octanol–water partition coefficient (Wildman–Crippen LogP) is 3.15. The quantitative estimate of drug-likeness (QED) is 0.761. The summed E-state index contributed by atoms with van der Waals surface area (Å²) < 4.78 is 0.997. The van der Waals surface area contributed by atoms with E-state index in [1.807, 2.05) is 54.6 Å². The maximum atomic E-state index is 12.1. The summed E-state index contributed by atoms with van der Waals surface area (Å²) in [7, 11) is 0. The summed E-state index contributed by atoms with van der Waals surface area (Å²) in [6.07, 6.45) is -0.0995.